The maximum absolute atomic E-state index is 11.6. The van der Waals surface area contributed by atoms with Gasteiger partial charge in [0.05, 0.1) is 5.69 Å². The SMILES string of the molecule is CCc1nnc(N2CC=CCC2)c(C(=O)O)c1CC. The van der Waals surface area contributed by atoms with Crippen molar-refractivity contribution in [1.82, 2.24) is 10.2 Å². The van der Waals surface area contributed by atoms with Crippen molar-refractivity contribution in [2.45, 2.75) is 33.1 Å². The number of carboxylic acids is 1. The number of nitrogens with zero attached hydrogens (tertiary/aromatic N) is 3. The standard InChI is InChI=1S/C14H19N3O2/c1-3-10-11(4-2)15-16-13(12(10)14(18)19)17-8-6-5-7-9-17/h5-6H,3-4,7-9H2,1-2H3,(H,18,19). The molecule has 0 saturated heterocycles. The van der Waals surface area contributed by atoms with E-state index >= 15 is 0 Å². The molecule has 0 aromatic carbocycles. The number of aromatic nitrogens is 2. The summed E-state index contributed by atoms with van der Waals surface area (Å²) >= 11 is 0. The smallest absolute Gasteiger partial charge is 0.339 e. The molecule has 2 rings (SSSR count). The number of hydrogen-bond acceptors (Lipinski definition) is 4. The van der Waals surface area contributed by atoms with Crippen LogP contribution in [-0.4, -0.2) is 34.4 Å². The first kappa shape index (κ1) is 13.5. The van der Waals surface area contributed by atoms with Crippen molar-refractivity contribution in [1.29, 1.82) is 0 Å². The Morgan fingerprint density at radius 1 is 1.32 bits per heavy atom. The first-order valence-electron chi connectivity index (χ1n) is 6.70. The van der Waals surface area contributed by atoms with E-state index in [-0.39, 0.29) is 0 Å². The largest absolute Gasteiger partial charge is 0.478 e. The van der Waals surface area contributed by atoms with Gasteiger partial charge < -0.3 is 10.0 Å². The van der Waals surface area contributed by atoms with Crippen LogP contribution >= 0.6 is 0 Å². The summed E-state index contributed by atoms with van der Waals surface area (Å²) in [5.41, 5.74) is 1.93. The minimum atomic E-state index is -0.911. The molecule has 5 heteroatoms. The molecule has 1 N–H and O–H groups in total. The van der Waals surface area contributed by atoms with E-state index < -0.39 is 5.97 Å². The van der Waals surface area contributed by atoms with Gasteiger partial charge in [0.2, 0.25) is 0 Å². The second-order valence-electron chi connectivity index (χ2n) is 4.54. The van der Waals surface area contributed by atoms with Gasteiger partial charge in [-0.15, -0.1) is 5.10 Å². The molecule has 0 amide bonds. The van der Waals surface area contributed by atoms with Gasteiger partial charge in [0, 0.05) is 13.1 Å². The van der Waals surface area contributed by atoms with Gasteiger partial charge in [0.15, 0.2) is 5.82 Å². The van der Waals surface area contributed by atoms with E-state index in [1.165, 1.54) is 0 Å². The zero-order valence-electron chi connectivity index (χ0n) is 11.4. The molecule has 0 spiro atoms. The Balaban J connectivity index is 2.54. The predicted molar refractivity (Wildman–Crippen MR) is 73.7 cm³/mol. The van der Waals surface area contributed by atoms with Gasteiger partial charge >= 0.3 is 5.97 Å². The van der Waals surface area contributed by atoms with Crippen molar-refractivity contribution in [3.63, 3.8) is 0 Å². The fourth-order valence-electron chi connectivity index (χ4n) is 2.44. The molecule has 0 bridgehead atoms. The number of carboxylic acid groups (broad SMARTS) is 1. The Hall–Kier alpha value is -1.91. The monoisotopic (exact) mass is 261 g/mol. The quantitative estimate of drug-likeness (QED) is 0.840. The van der Waals surface area contributed by atoms with Crippen molar-refractivity contribution in [2.24, 2.45) is 0 Å². The zero-order chi connectivity index (χ0) is 13.8. The number of carbonyl (C=O) groups is 1. The topological polar surface area (TPSA) is 66.3 Å². The van der Waals surface area contributed by atoms with Crippen molar-refractivity contribution in [2.75, 3.05) is 18.0 Å². The molecule has 0 radical (unpaired) electrons. The second kappa shape index (κ2) is 5.82. The number of rotatable bonds is 4. The lowest BCUT2D eigenvalue weighted by atomic mass is 10.0. The lowest BCUT2D eigenvalue weighted by Crippen LogP contribution is -2.30. The summed E-state index contributed by atoms with van der Waals surface area (Å²) in [6, 6.07) is 0. The van der Waals surface area contributed by atoms with Gasteiger partial charge in [-0.2, -0.15) is 5.10 Å². The summed E-state index contributed by atoms with van der Waals surface area (Å²) in [7, 11) is 0. The van der Waals surface area contributed by atoms with Crippen LogP contribution in [0, 0.1) is 0 Å². The first-order valence-corrected chi connectivity index (χ1v) is 6.70. The van der Waals surface area contributed by atoms with E-state index in [4.69, 9.17) is 0 Å². The van der Waals surface area contributed by atoms with E-state index in [1.54, 1.807) is 0 Å². The van der Waals surface area contributed by atoms with Gasteiger partial charge in [-0.1, -0.05) is 26.0 Å². The Morgan fingerprint density at radius 2 is 2.11 bits per heavy atom. The van der Waals surface area contributed by atoms with E-state index in [9.17, 15) is 9.90 Å². The highest BCUT2D eigenvalue weighted by Gasteiger charge is 2.24. The average molecular weight is 261 g/mol. The van der Waals surface area contributed by atoms with Gasteiger partial charge in [-0.25, -0.2) is 4.79 Å². The van der Waals surface area contributed by atoms with Crippen LogP contribution in [0.1, 0.15) is 41.9 Å². The maximum Gasteiger partial charge on any atom is 0.339 e. The third-order valence-electron chi connectivity index (χ3n) is 3.40. The Labute approximate surface area is 113 Å². The molecule has 1 aliphatic rings. The summed E-state index contributed by atoms with van der Waals surface area (Å²) in [6.07, 6.45) is 6.42. The summed E-state index contributed by atoms with van der Waals surface area (Å²) in [5.74, 6) is -0.406. The molecule has 19 heavy (non-hydrogen) atoms. The molecule has 1 aromatic rings. The van der Waals surface area contributed by atoms with Crippen molar-refractivity contribution >= 4 is 11.8 Å². The molecule has 2 heterocycles. The molecule has 0 saturated carbocycles. The van der Waals surface area contributed by atoms with Crippen LogP contribution < -0.4 is 4.90 Å². The second-order valence-corrected chi connectivity index (χ2v) is 4.54. The van der Waals surface area contributed by atoms with Crippen molar-refractivity contribution in [3.8, 4) is 0 Å². The van der Waals surface area contributed by atoms with Crippen molar-refractivity contribution in [3.05, 3.63) is 29.0 Å². The van der Waals surface area contributed by atoms with Gasteiger partial charge in [-0.3, -0.25) is 0 Å². The van der Waals surface area contributed by atoms with Crippen LogP contribution in [0.4, 0.5) is 5.82 Å². The van der Waals surface area contributed by atoms with Crippen LogP contribution in [0.15, 0.2) is 12.2 Å². The van der Waals surface area contributed by atoms with Gasteiger partial charge in [-0.05, 0) is 24.8 Å². The minimum absolute atomic E-state index is 0.324. The average Bonchev–Trinajstić information content (AvgIpc) is 2.46. The summed E-state index contributed by atoms with van der Waals surface area (Å²) < 4.78 is 0. The highest BCUT2D eigenvalue weighted by Crippen LogP contribution is 2.25. The molecule has 1 aromatic heterocycles. The molecule has 0 unspecified atom stereocenters. The molecular weight excluding hydrogens is 242 g/mol. The van der Waals surface area contributed by atoms with E-state index in [0.717, 1.165) is 24.2 Å². The molecular formula is C14H19N3O2. The van der Waals surface area contributed by atoms with E-state index in [0.29, 0.717) is 30.8 Å². The fourth-order valence-corrected chi connectivity index (χ4v) is 2.44. The van der Waals surface area contributed by atoms with Crippen LogP contribution in [0.2, 0.25) is 0 Å². The van der Waals surface area contributed by atoms with Gasteiger partial charge in [0.1, 0.15) is 5.56 Å². The number of aryl methyl sites for hydroxylation is 1. The Bertz CT molecular complexity index is 512. The van der Waals surface area contributed by atoms with Crippen LogP contribution in [0.25, 0.3) is 0 Å². The number of anilines is 1. The predicted octanol–water partition coefficient (Wildman–Crippen LogP) is 2.07. The number of aromatic carboxylic acids is 1. The molecule has 0 aliphatic carbocycles. The highest BCUT2D eigenvalue weighted by atomic mass is 16.4. The lowest BCUT2D eigenvalue weighted by Gasteiger charge is -2.26. The highest BCUT2D eigenvalue weighted by molar-refractivity contribution is 5.95. The maximum atomic E-state index is 11.6. The molecule has 0 fully saturated rings. The first-order chi connectivity index (χ1) is 9.19. The normalized spacial score (nSPS) is 14.7. The third-order valence-corrected chi connectivity index (χ3v) is 3.40. The zero-order valence-corrected chi connectivity index (χ0v) is 11.4. The summed E-state index contributed by atoms with van der Waals surface area (Å²) in [4.78, 5) is 13.6. The lowest BCUT2D eigenvalue weighted by molar-refractivity contribution is 0.0695. The Morgan fingerprint density at radius 3 is 2.63 bits per heavy atom. The number of hydrogen-bond donors (Lipinski definition) is 1. The molecule has 1 aliphatic heterocycles. The molecule has 102 valence electrons. The fraction of sp³-hybridized carbons (Fsp3) is 0.500. The minimum Gasteiger partial charge on any atom is -0.478 e. The van der Waals surface area contributed by atoms with Crippen molar-refractivity contribution < 1.29 is 9.90 Å². The van der Waals surface area contributed by atoms with E-state index in [2.05, 4.69) is 16.3 Å². The summed E-state index contributed by atoms with van der Waals surface area (Å²) in [6.45, 7) is 5.42. The van der Waals surface area contributed by atoms with Crippen LogP contribution in [0.3, 0.4) is 0 Å². The molecule has 0 atom stereocenters. The Kier molecular flexibility index (Phi) is 4.14. The van der Waals surface area contributed by atoms with E-state index in [1.807, 2.05) is 24.8 Å². The molecule has 5 nitrogen and oxygen atoms in total. The summed E-state index contributed by atoms with van der Waals surface area (Å²) in [5, 5.41) is 17.9. The third kappa shape index (κ3) is 2.59. The van der Waals surface area contributed by atoms with Gasteiger partial charge in [0.25, 0.3) is 0 Å². The van der Waals surface area contributed by atoms with Crippen LogP contribution in [0.5, 0.6) is 0 Å². The van der Waals surface area contributed by atoms with Crippen LogP contribution in [-0.2, 0) is 12.8 Å².